The Bertz CT molecular complexity index is 607. The summed E-state index contributed by atoms with van der Waals surface area (Å²) in [4.78, 5) is 13.1. The molecule has 1 heterocycles. The molecule has 1 N–H and O–H groups in total. The molecule has 0 unspecified atom stereocenters. The van der Waals surface area contributed by atoms with Crippen molar-refractivity contribution >= 4 is 6.47 Å². The van der Waals surface area contributed by atoms with E-state index >= 15 is 0 Å². The quantitative estimate of drug-likeness (QED) is 0.824. The standard InChI is InChI=1S/C18H23F3N2O2/c19-18(20,21)16-10-14(12-23-7-5-22-6-8-23)9-15(11-16)17(25-13-24)3-1-2-4-17/h9-11,13,22H,1-8,12H2. The number of halogens is 3. The fraction of sp³-hybridized carbons (Fsp3) is 0.611. The van der Waals surface area contributed by atoms with E-state index in [4.69, 9.17) is 4.74 Å². The smallest absolute Gasteiger partial charge is 0.416 e. The zero-order valence-electron chi connectivity index (χ0n) is 14.1. The van der Waals surface area contributed by atoms with E-state index < -0.39 is 17.3 Å². The van der Waals surface area contributed by atoms with Crippen molar-refractivity contribution in [2.45, 2.75) is 44.0 Å². The van der Waals surface area contributed by atoms with Crippen molar-refractivity contribution in [3.8, 4) is 0 Å². The van der Waals surface area contributed by atoms with Crippen LogP contribution in [-0.4, -0.2) is 37.6 Å². The normalized spacial score (nSPS) is 21.2. The van der Waals surface area contributed by atoms with Gasteiger partial charge in [0.05, 0.1) is 5.56 Å². The van der Waals surface area contributed by atoms with Crippen LogP contribution in [0, 0.1) is 0 Å². The summed E-state index contributed by atoms with van der Waals surface area (Å²) in [6.07, 6.45) is -1.59. The van der Waals surface area contributed by atoms with Crippen LogP contribution in [0.5, 0.6) is 0 Å². The molecule has 1 aromatic rings. The third-order valence-electron chi connectivity index (χ3n) is 5.15. The second-order valence-corrected chi connectivity index (χ2v) is 6.86. The second-order valence-electron chi connectivity index (χ2n) is 6.86. The van der Waals surface area contributed by atoms with Gasteiger partial charge in [-0.25, -0.2) is 0 Å². The lowest BCUT2D eigenvalue weighted by Gasteiger charge is -2.30. The Hall–Kier alpha value is -1.60. The maximum atomic E-state index is 13.4. The molecule has 3 rings (SSSR count). The van der Waals surface area contributed by atoms with Crippen molar-refractivity contribution in [1.29, 1.82) is 0 Å². The zero-order valence-corrected chi connectivity index (χ0v) is 14.1. The molecule has 25 heavy (non-hydrogen) atoms. The molecule has 2 aliphatic rings. The fourth-order valence-electron chi connectivity index (χ4n) is 3.85. The molecule has 1 saturated heterocycles. The molecule has 0 bridgehead atoms. The van der Waals surface area contributed by atoms with Crippen molar-refractivity contribution in [2.75, 3.05) is 26.2 Å². The highest BCUT2D eigenvalue weighted by Gasteiger charge is 2.40. The minimum Gasteiger partial charge on any atom is -0.456 e. The van der Waals surface area contributed by atoms with Gasteiger partial charge in [0.2, 0.25) is 0 Å². The Kier molecular flexibility index (Phi) is 5.34. The number of hydrogen-bond acceptors (Lipinski definition) is 4. The summed E-state index contributed by atoms with van der Waals surface area (Å²) in [5.74, 6) is 0. The average molecular weight is 356 g/mol. The van der Waals surface area contributed by atoms with Gasteiger partial charge in [-0.15, -0.1) is 0 Å². The number of ether oxygens (including phenoxy) is 1. The largest absolute Gasteiger partial charge is 0.456 e. The van der Waals surface area contributed by atoms with E-state index in [0.29, 0.717) is 37.0 Å². The van der Waals surface area contributed by atoms with Crippen LogP contribution in [0.2, 0.25) is 0 Å². The van der Waals surface area contributed by atoms with Crippen LogP contribution in [0.25, 0.3) is 0 Å². The van der Waals surface area contributed by atoms with Crippen LogP contribution in [-0.2, 0) is 27.9 Å². The van der Waals surface area contributed by atoms with Gasteiger partial charge in [-0.1, -0.05) is 6.07 Å². The van der Waals surface area contributed by atoms with Gasteiger partial charge in [-0.2, -0.15) is 13.2 Å². The molecule has 0 spiro atoms. The molecule has 4 nitrogen and oxygen atoms in total. The van der Waals surface area contributed by atoms with Crippen LogP contribution < -0.4 is 5.32 Å². The number of piperazine rings is 1. The van der Waals surface area contributed by atoms with Crippen LogP contribution in [0.15, 0.2) is 18.2 Å². The number of carbonyl (C=O) groups excluding carboxylic acids is 1. The van der Waals surface area contributed by atoms with E-state index in [2.05, 4.69) is 10.2 Å². The second kappa shape index (κ2) is 7.33. The van der Waals surface area contributed by atoms with Crippen molar-refractivity contribution in [3.63, 3.8) is 0 Å². The molecule has 138 valence electrons. The summed E-state index contributed by atoms with van der Waals surface area (Å²) in [5, 5.41) is 3.23. The Balaban J connectivity index is 1.96. The molecule has 1 aliphatic carbocycles. The number of carbonyl (C=O) groups is 1. The predicted molar refractivity (Wildman–Crippen MR) is 86.9 cm³/mol. The summed E-state index contributed by atoms with van der Waals surface area (Å²) in [6, 6.07) is 4.15. The van der Waals surface area contributed by atoms with E-state index in [1.165, 1.54) is 6.07 Å². The third kappa shape index (κ3) is 4.15. The van der Waals surface area contributed by atoms with E-state index in [1.54, 1.807) is 6.07 Å². The molecule has 0 aromatic heterocycles. The highest BCUT2D eigenvalue weighted by molar-refractivity contribution is 5.43. The Morgan fingerprint density at radius 2 is 1.84 bits per heavy atom. The summed E-state index contributed by atoms with van der Waals surface area (Å²) < 4.78 is 45.5. The van der Waals surface area contributed by atoms with Gasteiger partial charge in [-0.05, 0) is 48.9 Å². The number of nitrogens with zero attached hydrogens (tertiary/aromatic N) is 1. The maximum Gasteiger partial charge on any atom is 0.416 e. The lowest BCUT2D eigenvalue weighted by Crippen LogP contribution is -2.43. The highest BCUT2D eigenvalue weighted by atomic mass is 19.4. The predicted octanol–water partition coefficient (Wildman–Crippen LogP) is 3.05. The zero-order chi connectivity index (χ0) is 17.9. The Labute approximate surface area is 145 Å². The SMILES string of the molecule is O=COC1(c2cc(CN3CCNCC3)cc(C(F)(F)F)c2)CCCC1. The van der Waals surface area contributed by atoms with Gasteiger partial charge in [0.15, 0.2) is 0 Å². The van der Waals surface area contributed by atoms with Crippen LogP contribution >= 0.6 is 0 Å². The minimum atomic E-state index is -4.42. The Morgan fingerprint density at radius 1 is 1.16 bits per heavy atom. The van der Waals surface area contributed by atoms with Gasteiger partial charge in [0.25, 0.3) is 6.47 Å². The molecule has 1 aliphatic heterocycles. The Morgan fingerprint density at radius 3 is 2.44 bits per heavy atom. The number of hydrogen-bond donors (Lipinski definition) is 1. The lowest BCUT2D eigenvalue weighted by atomic mass is 9.89. The van der Waals surface area contributed by atoms with E-state index in [1.807, 2.05) is 0 Å². The van der Waals surface area contributed by atoms with E-state index in [9.17, 15) is 18.0 Å². The van der Waals surface area contributed by atoms with Gasteiger partial charge in [0, 0.05) is 32.7 Å². The number of alkyl halides is 3. The lowest BCUT2D eigenvalue weighted by molar-refractivity contribution is -0.144. The van der Waals surface area contributed by atoms with Gasteiger partial charge in [0.1, 0.15) is 5.60 Å². The summed E-state index contributed by atoms with van der Waals surface area (Å²) in [7, 11) is 0. The third-order valence-corrected chi connectivity index (χ3v) is 5.15. The average Bonchev–Trinajstić information content (AvgIpc) is 3.05. The van der Waals surface area contributed by atoms with Gasteiger partial charge < -0.3 is 10.1 Å². The van der Waals surface area contributed by atoms with Crippen molar-refractivity contribution < 1.29 is 22.7 Å². The van der Waals surface area contributed by atoms with Crippen molar-refractivity contribution in [2.24, 2.45) is 0 Å². The minimum absolute atomic E-state index is 0.363. The molecular formula is C18H23F3N2O2. The first-order chi connectivity index (χ1) is 11.9. The first-order valence-electron chi connectivity index (χ1n) is 8.69. The summed E-state index contributed by atoms with van der Waals surface area (Å²) in [6.45, 7) is 4.12. The van der Waals surface area contributed by atoms with E-state index in [-0.39, 0.29) is 0 Å². The monoisotopic (exact) mass is 356 g/mol. The topological polar surface area (TPSA) is 41.6 Å². The molecule has 1 saturated carbocycles. The van der Waals surface area contributed by atoms with Crippen LogP contribution in [0.1, 0.15) is 42.4 Å². The number of benzene rings is 1. The highest BCUT2D eigenvalue weighted by Crippen LogP contribution is 2.44. The first kappa shape index (κ1) is 18.2. The fourth-order valence-corrected chi connectivity index (χ4v) is 3.85. The van der Waals surface area contributed by atoms with Gasteiger partial charge in [-0.3, -0.25) is 9.69 Å². The van der Waals surface area contributed by atoms with E-state index in [0.717, 1.165) is 45.1 Å². The first-order valence-corrected chi connectivity index (χ1v) is 8.69. The van der Waals surface area contributed by atoms with Crippen molar-refractivity contribution in [3.05, 3.63) is 34.9 Å². The van der Waals surface area contributed by atoms with Crippen LogP contribution in [0.3, 0.4) is 0 Å². The van der Waals surface area contributed by atoms with Crippen molar-refractivity contribution in [1.82, 2.24) is 10.2 Å². The molecule has 7 heteroatoms. The summed E-state index contributed by atoms with van der Waals surface area (Å²) >= 11 is 0. The molecule has 2 fully saturated rings. The molecule has 0 radical (unpaired) electrons. The number of rotatable bonds is 5. The number of nitrogens with one attached hydrogen (secondary N) is 1. The summed E-state index contributed by atoms with van der Waals surface area (Å²) in [5.41, 5.74) is -0.498. The molecule has 0 atom stereocenters. The van der Waals surface area contributed by atoms with Gasteiger partial charge >= 0.3 is 6.18 Å². The molecular weight excluding hydrogens is 333 g/mol. The molecule has 1 aromatic carbocycles. The molecule has 0 amide bonds. The van der Waals surface area contributed by atoms with Crippen LogP contribution in [0.4, 0.5) is 13.2 Å². The maximum absolute atomic E-state index is 13.4.